The molecule has 0 radical (unpaired) electrons. The number of amides is 1. The molecule has 5 nitrogen and oxygen atoms in total. The van der Waals surface area contributed by atoms with E-state index in [1.807, 2.05) is 6.92 Å². The average Bonchev–Trinajstić information content (AvgIpc) is 2.28. The Bertz CT molecular complexity index is 565. The summed E-state index contributed by atoms with van der Waals surface area (Å²) in [5.74, 6) is -0.478. The summed E-state index contributed by atoms with van der Waals surface area (Å²) < 4.78 is 23.2. The van der Waals surface area contributed by atoms with Gasteiger partial charge in [-0.05, 0) is 24.1 Å². The van der Waals surface area contributed by atoms with Crippen LogP contribution in [0.15, 0.2) is 35.7 Å². The molecule has 0 saturated carbocycles. The van der Waals surface area contributed by atoms with E-state index in [0.717, 1.165) is 12.5 Å². The topological polar surface area (TPSA) is 89.3 Å². The van der Waals surface area contributed by atoms with E-state index >= 15 is 0 Å². The molecule has 0 fully saturated rings. The lowest BCUT2D eigenvalue weighted by Crippen LogP contribution is -2.19. The van der Waals surface area contributed by atoms with E-state index in [-0.39, 0.29) is 10.6 Å². The third kappa shape index (κ3) is 3.41. The first kappa shape index (κ1) is 14.4. The van der Waals surface area contributed by atoms with Gasteiger partial charge in [-0.25, -0.2) is 13.6 Å². The molecule has 1 aromatic rings. The third-order valence-corrected chi connectivity index (χ3v) is 3.39. The van der Waals surface area contributed by atoms with Gasteiger partial charge in [0.05, 0.1) is 5.69 Å². The predicted octanol–water partition coefficient (Wildman–Crippen LogP) is 1.41. The maximum Gasteiger partial charge on any atom is 0.247 e. The highest BCUT2D eigenvalue weighted by molar-refractivity contribution is 7.89. The molecular weight excluding hydrogens is 252 g/mol. The fourth-order valence-corrected chi connectivity index (χ4v) is 2.63. The van der Waals surface area contributed by atoms with Gasteiger partial charge in [0.25, 0.3) is 0 Å². The number of carbonyl (C=O) groups excluding carboxylic acids is 1. The normalized spacial score (nSPS) is 11.0. The van der Waals surface area contributed by atoms with Crippen molar-refractivity contribution in [3.05, 3.63) is 36.4 Å². The molecule has 0 aliphatic rings. The van der Waals surface area contributed by atoms with Gasteiger partial charge in [0, 0.05) is 0 Å². The van der Waals surface area contributed by atoms with Crippen molar-refractivity contribution in [1.82, 2.24) is 0 Å². The van der Waals surface area contributed by atoms with Crippen LogP contribution in [-0.4, -0.2) is 14.3 Å². The zero-order valence-electron chi connectivity index (χ0n) is 10.1. The Labute approximate surface area is 107 Å². The summed E-state index contributed by atoms with van der Waals surface area (Å²) in [4.78, 5) is 11.2. The van der Waals surface area contributed by atoms with Crippen molar-refractivity contribution in [2.45, 2.75) is 24.7 Å². The van der Waals surface area contributed by atoms with Crippen molar-refractivity contribution < 1.29 is 13.2 Å². The Morgan fingerprint density at radius 3 is 2.67 bits per heavy atom. The molecule has 0 unspecified atom stereocenters. The first-order chi connectivity index (χ1) is 8.40. The van der Waals surface area contributed by atoms with Gasteiger partial charge in [0.15, 0.2) is 0 Å². The van der Waals surface area contributed by atoms with Gasteiger partial charge >= 0.3 is 0 Å². The second-order valence-corrected chi connectivity index (χ2v) is 5.28. The molecule has 0 saturated heterocycles. The highest BCUT2D eigenvalue weighted by atomic mass is 32.2. The Morgan fingerprint density at radius 2 is 2.17 bits per heavy atom. The monoisotopic (exact) mass is 268 g/mol. The van der Waals surface area contributed by atoms with Crippen LogP contribution in [0, 0.1) is 0 Å². The van der Waals surface area contributed by atoms with Gasteiger partial charge in [0.2, 0.25) is 15.9 Å². The quantitative estimate of drug-likeness (QED) is 0.791. The number of aryl methyl sites for hydroxylation is 1. The number of sulfonamides is 1. The molecule has 1 rings (SSSR count). The minimum Gasteiger partial charge on any atom is -0.321 e. The van der Waals surface area contributed by atoms with Crippen LogP contribution in [0.1, 0.15) is 18.9 Å². The number of anilines is 1. The summed E-state index contributed by atoms with van der Waals surface area (Å²) in [6.07, 6.45) is 2.42. The van der Waals surface area contributed by atoms with E-state index in [4.69, 9.17) is 5.14 Å². The number of rotatable bonds is 5. The van der Waals surface area contributed by atoms with E-state index < -0.39 is 15.9 Å². The van der Waals surface area contributed by atoms with Crippen molar-refractivity contribution in [2.75, 3.05) is 5.32 Å². The van der Waals surface area contributed by atoms with Crippen LogP contribution >= 0.6 is 0 Å². The molecule has 3 N–H and O–H groups in total. The standard InChI is InChI=1S/C12H16N2O3S/c1-3-6-9-7-5-8-10(14-11(15)4-2)12(9)18(13,16)17/h4-5,7-8H,2-3,6H2,1H3,(H,14,15)(H2,13,16,17). The molecule has 0 atom stereocenters. The van der Waals surface area contributed by atoms with Crippen molar-refractivity contribution in [1.29, 1.82) is 0 Å². The molecule has 0 aromatic heterocycles. The number of hydrogen-bond donors (Lipinski definition) is 2. The summed E-state index contributed by atoms with van der Waals surface area (Å²) in [6, 6.07) is 4.87. The van der Waals surface area contributed by atoms with Gasteiger partial charge in [-0.1, -0.05) is 32.1 Å². The molecule has 0 spiro atoms. The van der Waals surface area contributed by atoms with Crippen molar-refractivity contribution in [3.8, 4) is 0 Å². The van der Waals surface area contributed by atoms with Gasteiger partial charge in [0.1, 0.15) is 4.90 Å². The van der Waals surface area contributed by atoms with Crippen LogP contribution in [0.3, 0.4) is 0 Å². The van der Waals surface area contributed by atoms with Crippen LogP contribution in [0.5, 0.6) is 0 Å². The third-order valence-electron chi connectivity index (χ3n) is 2.34. The molecule has 0 bridgehead atoms. The van der Waals surface area contributed by atoms with Crippen LogP contribution in [0.25, 0.3) is 0 Å². The second-order valence-electron chi connectivity index (χ2n) is 3.78. The van der Waals surface area contributed by atoms with Gasteiger partial charge in [-0.2, -0.15) is 0 Å². The van der Waals surface area contributed by atoms with E-state index in [2.05, 4.69) is 11.9 Å². The summed E-state index contributed by atoms with van der Waals surface area (Å²) in [5.41, 5.74) is 0.787. The lowest BCUT2D eigenvalue weighted by atomic mass is 10.1. The van der Waals surface area contributed by atoms with Crippen LogP contribution in [-0.2, 0) is 21.2 Å². The van der Waals surface area contributed by atoms with E-state index in [0.29, 0.717) is 12.0 Å². The number of nitrogens with one attached hydrogen (secondary N) is 1. The van der Waals surface area contributed by atoms with Gasteiger partial charge < -0.3 is 5.32 Å². The summed E-state index contributed by atoms with van der Waals surface area (Å²) in [5, 5.41) is 7.65. The lowest BCUT2D eigenvalue weighted by molar-refractivity contribution is -0.111. The first-order valence-corrected chi connectivity index (χ1v) is 7.03. The van der Waals surface area contributed by atoms with Crippen LogP contribution in [0.4, 0.5) is 5.69 Å². The summed E-state index contributed by atoms with van der Waals surface area (Å²) in [6.45, 7) is 5.25. The Kier molecular flexibility index (Phi) is 4.63. The first-order valence-electron chi connectivity index (χ1n) is 5.48. The molecule has 98 valence electrons. The second kappa shape index (κ2) is 5.79. The number of carbonyl (C=O) groups is 1. The smallest absolute Gasteiger partial charge is 0.247 e. The summed E-state index contributed by atoms with van der Waals surface area (Å²) >= 11 is 0. The predicted molar refractivity (Wildman–Crippen MR) is 70.6 cm³/mol. The number of primary sulfonamides is 1. The minimum absolute atomic E-state index is 0.0259. The number of hydrogen-bond acceptors (Lipinski definition) is 3. The molecule has 0 heterocycles. The summed E-state index contributed by atoms with van der Waals surface area (Å²) in [7, 11) is -3.89. The molecule has 0 aliphatic carbocycles. The van der Waals surface area contributed by atoms with Crippen molar-refractivity contribution in [3.63, 3.8) is 0 Å². The minimum atomic E-state index is -3.89. The molecule has 0 aliphatic heterocycles. The SMILES string of the molecule is C=CC(=O)Nc1cccc(CCC)c1S(N)(=O)=O. The maximum absolute atomic E-state index is 11.6. The van der Waals surface area contributed by atoms with E-state index in [9.17, 15) is 13.2 Å². The molecule has 6 heteroatoms. The fraction of sp³-hybridized carbons (Fsp3) is 0.250. The molecular formula is C12H16N2O3S. The number of nitrogens with two attached hydrogens (primary N) is 1. The molecule has 18 heavy (non-hydrogen) atoms. The van der Waals surface area contributed by atoms with E-state index in [1.54, 1.807) is 12.1 Å². The van der Waals surface area contributed by atoms with Gasteiger partial charge in [-0.3, -0.25) is 4.79 Å². The van der Waals surface area contributed by atoms with Crippen LogP contribution < -0.4 is 10.5 Å². The highest BCUT2D eigenvalue weighted by Gasteiger charge is 2.19. The zero-order valence-corrected chi connectivity index (χ0v) is 11.0. The van der Waals surface area contributed by atoms with Crippen molar-refractivity contribution >= 4 is 21.6 Å². The number of benzene rings is 1. The molecule has 1 amide bonds. The van der Waals surface area contributed by atoms with Crippen molar-refractivity contribution in [2.24, 2.45) is 5.14 Å². The van der Waals surface area contributed by atoms with E-state index in [1.165, 1.54) is 6.07 Å². The lowest BCUT2D eigenvalue weighted by Gasteiger charge is -2.12. The van der Waals surface area contributed by atoms with Crippen LogP contribution in [0.2, 0.25) is 0 Å². The highest BCUT2D eigenvalue weighted by Crippen LogP contribution is 2.25. The largest absolute Gasteiger partial charge is 0.321 e. The zero-order chi connectivity index (χ0) is 13.8. The molecule has 1 aromatic carbocycles. The Balaban J connectivity index is 3.37. The van der Waals surface area contributed by atoms with Gasteiger partial charge in [-0.15, -0.1) is 0 Å². The maximum atomic E-state index is 11.6. The Morgan fingerprint density at radius 1 is 1.50 bits per heavy atom. The fourth-order valence-electron chi connectivity index (χ4n) is 1.67. The average molecular weight is 268 g/mol. The Hall–Kier alpha value is -1.66.